The predicted octanol–water partition coefficient (Wildman–Crippen LogP) is 3.90. The lowest BCUT2D eigenvalue weighted by atomic mass is 9.97. The molecule has 2 saturated heterocycles. The van der Waals surface area contributed by atoms with Crippen LogP contribution in [0.25, 0.3) is 0 Å². The van der Waals surface area contributed by atoms with Crippen LogP contribution in [0.5, 0.6) is 0 Å². The van der Waals surface area contributed by atoms with Crippen molar-refractivity contribution in [2.24, 2.45) is 0 Å². The van der Waals surface area contributed by atoms with Gasteiger partial charge in [0.15, 0.2) is 0 Å². The number of hydrogen-bond donors (Lipinski definition) is 0. The summed E-state index contributed by atoms with van der Waals surface area (Å²) >= 11 is 0. The average Bonchev–Trinajstić information content (AvgIpc) is 2.76. The molecule has 0 aliphatic carbocycles. The van der Waals surface area contributed by atoms with Crippen LogP contribution in [0, 0.1) is 0 Å². The summed E-state index contributed by atoms with van der Waals surface area (Å²) in [7, 11) is 0. The quantitative estimate of drug-likeness (QED) is 0.764. The molecule has 2 heterocycles. The largest absolute Gasteiger partial charge is 0.445 e. The number of nitrogens with zero attached hydrogens (tertiary/aromatic N) is 1. The molecule has 3 nitrogen and oxygen atoms in total. The maximum absolute atomic E-state index is 12.3. The number of piperidine rings is 1. The van der Waals surface area contributed by atoms with E-state index in [9.17, 15) is 4.79 Å². The van der Waals surface area contributed by atoms with E-state index in [4.69, 9.17) is 4.74 Å². The number of ether oxygens (including phenoxy) is 1. The minimum atomic E-state index is -0.142. The van der Waals surface area contributed by atoms with Gasteiger partial charge < -0.3 is 9.64 Å². The summed E-state index contributed by atoms with van der Waals surface area (Å²) in [6.07, 6.45) is 6.33. The zero-order valence-electron chi connectivity index (χ0n) is 11.9. The number of amides is 1. The molecule has 2 aliphatic rings. The van der Waals surface area contributed by atoms with E-state index < -0.39 is 0 Å². The summed E-state index contributed by atoms with van der Waals surface area (Å²) in [4.78, 5) is 14.3. The van der Waals surface area contributed by atoms with E-state index in [0.29, 0.717) is 18.7 Å². The zero-order chi connectivity index (χ0) is 13.9. The van der Waals surface area contributed by atoms with E-state index in [-0.39, 0.29) is 6.09 Å². The molecule has 2 unspecified atom stereocenters. The normalized spacial score (nSPS) is 24.6. The molecule has 3 heteroatoms. The number of carbonyl (C=O) groups is 1. The Hall–Kier alpha value is -1.77. The molecule has 2 atom stereocenters. The topological polar surface area (TPSA) is 29.5 Å². The highest BCUT2D eigenvalue weighted by Crippen LogP contribution is 2.38. The van der Waals surface area contributed by atoms with Gasteiger partial charge in [0.2, 0.25) is 0 Å². The molecule has 3 rings (SSSR count). The van der Waals surface area contributed by atoms with Gasteiger partial charge in [-0.05, 0) is 38.2 Å². The zero-order valence-corrected chi connectivity index (χ0v) is 11.9. The third-order valence-corrected chi connectivity index (χ3v) is 4.44. The van der Waals surface area contributed by atoms with Gasteiger partial charge in [-0.15, -0.1) is 0 Å². The van der Waals surface area contributed by atoms with E-state index in [0.717, 1.165) is 31.2 Å². The number of rotatable bonds is 2. The molecular weight excluding hydrogens is 250 g/mol. The fraction of sp³-hybridized carbons (Fsp3) is 0.471. The minimum absolute atomic E-state index is 0.142. The maximum atomic E-state index is 12.3. The molecule has 106 valence electrons. The second-order valence-corrected chi connectivity index (χ2v) is 5.69. The van der Waals surface area contributed by atoms with Crippen LogP contribution in [0.2, 0.25) is 0 Å². The first kappa shape index (κ1) is 13.2. The Bertz CT molecular complexity index is 493. The summed E-state index contributed by atoms with van der Waals surface area (Å²) < 4.78 is 5.48. The van der Waals surface area contributed by atoms with Crippen LogP contribution in [-0.2, 0) is 11.3 Å². The molecule has 0 aromatic heterocycles. The van der Waals surface area contributed by atoms with Crippen molar-refractivity contribution < 1.29 is 9.53 Å². The van der Waals surface area contributed by atoms with Gasteiger partial charge in [0.1, 0.15) is 6.61 Å². The van der Waals surface area contributed by atoms with Crippen LogP contribution in [0.4, 0.5) is 4.79 Å². The summed E-state index contributed by atoms with van der Waals surface area (Å²) in [5.41, 5.74) is 2.53. The second-order valence-electron chi connectivity index (χ2n) is 5.69. The SMILES string of the molecule is CC=C1CC2CCC(C1)N2C(=O)OCc1ccccc1. The van der Waals surface area contributed by atoms with Crippen LogP contribution in [0.3, 0.4) is 0 Å². The number of allylic oxidation sites excluding steroid dienone is 1. The van der Waals surface area contributed by atoms with Crippen molar-refractivity contribution in [1.29, 1.82) is 0 Å². The molecule has 1 aromatic rings. The molecule has 0 N–H and O–H groups in total. The lowest BCUT2D eigenvalue weighted by Gasteiger charge is -2.35. The number of benzene rings is 1. The van der Waals surface area contributed by atoms with Crippen molar-refractivity contribution in [3.63, 3.8) is 0 Å². The first-order valence-corrected chi connectivity index (χ1v) is 7.41. The summed E-state index contributed by atoms with van der Waals surface area (Å²) in [6.45, 7) is 2.46. The molecule has 1 aromatic carbocycles. The predicted molar refractivity (Wildman–Crippen MR) is 78.3 cm³/mol. The number of hydrogen-bond acceptors (Lipinski definition) is 2. The number of carbonyl (C=O) groups excluding carboxylic acids is 1. The third kappa shape index (κ3) is 2.58. The van der Waals surface area contributed by atoms with Crippen LogP contribution in [-0.4, -0.2) is 23.1 Å². The van der Waals surface area contributed by atoms with Crippen molar-refractivity contribution in [3.05, 3.63) is 47.5 Å². The standard InChI is InChI=1S/C17H21NO2/c1-2-13-10-15-8-9-16(11-13)18(15)17(19)20-12-14-6-4-3-5-7-14/h2-7,15-16H,8-12H2,1H3. The smallest absolute Gasteiger partial charge is 0.410 e. The molecule has 1 amide bonds. The van der Waals surface area contributed by atoms with E-state index in [1.165, 1.54) is 5.57 Å². The molecule has 2 aliphatic heterocycles. The maximum Gasteiger partial charge on any atom is 0.410 e. The van der Waals surface area contributed by atoms with Crippen molar-refractivity contribution in [2.45, 2.75) is 51.3 Å². The van der Waals surface area contributed by atoms with E-state index in [1.807, 2.05) is 35.2 Å². The second kappa shape index (κ2) is 5.70. The molecule has 2 bridgehead atoms. The fourth-order valence-corrected chi connectivity index (χ4v) is 3.38. The van der Waals surface area contributed by atoms with Crippen molar-refractivity contribution in [2.75, 3.05) is 0 Å². The Morgan fingerprint density at radius 3 is 2.50 bits per heavy atom. The summed E-state index contributed by atoms with van der Waals surface area (Å²) in [6, 6.07) is 10.6. The molecule has 0 saturated carbocycles. The Morgan fingerprint density at radius 2 is 1.90 bits per heavy atom. The Balaban J connectivity index is 1.61. The average molecular weight is 271 g/mol. The molecule has 0 spiro atoms. The van der Waals surface area contributed by atoms with Crippen LogP contribution in [0.15, 0.2) is 42.0 Å². The van der Waals surface area contributed by atoms with Gasteiger partial charge in [-0.1, -0.05) is 42.0 Å². The van der Waals surface area contributed by atoms with Crippen LogP contribution < -0.4 is 0 Å². The van der Waals surface area contributed by atoms with Gasteiger partial charge in [-0.2, -0.15) is 0 Å². The Morgan fingerprint density at radius 1 is 1.25 bits per heavy atom. The van der Waals surface area contributed by atoms with Gasteiger partial charge in [-0.3, -0.25) is 0 Å². The first-order chi connectivity index (χ1) is 9.78. The monoisotopic (exact) mass is 271 g/mol. The molecular formula is C17H21NO2. The minimum Gasteiger partial charge on any atom is -0.445 e. The summed E-state index contributed by atoms with van der Waals surface area (Å²) in [5.74, 6) is 0. The van der Waals surface area contributed by atoms with Crippen molar-refractivity contribution in [3.8, 4) is 0 Å². The molecule has 20 heavy (non-hydrogen) atoms. The highest BCUT2D eigenvalue weighted by Gasteiger charge is 2.41. The molecule has 0 radical (unpaired) electrons. The highest BCUT2D eigenvalue weighted by atomic mass is 16.6. The third-order valence-electron chi connectivity index (χ3n) is 4.44. The fourth-order valence-electron chi connectivity index (χ4n) is 3.38. The molecule has 2 fully saturated rings. The Kier molecular flexibility index (Phi) is 3.77. The van der Waals surface area contributed by atoms with Crippen LogP contribution in [0.1, 0.15) is 38.2 Å². The van der Waals surface area contributed by atoms with Gasteiger partial charge in [0.25, 0.3) is 0 Å². The van der Waals surface area contributed by atoms with E-state index >= 15 is 0 Å². The lowest BCUT2D eigenvalue weighted by Crippen LogP contribution is -2.44. The first-order valence-electron chi connectivity index (χ1n) is 7.41. The van der Waals surface area contributed by atoms with E-state index in [1.54, 1.807) is 0 Å². The Labute approximate surface area is 120 Å². The lowest BCUT2D eigenvalue weighted by molar-refractivity contribution is 0.0721. The van der Waals surface area contributed by atoms with Gasteiger partial charge >= 0.3 is 6.09 Å². The van der Waals surface area contributed by atoms with E-state index in [2.05, 4.69) is 13.0 Å². The van der Waals surface area contributed by atoms with Crippen LogP contribution >= 0.6 is 0 Å². The van der Waals surface area contributed by atoms with Gasteiger partial charge in [0.05, 0.1) is 0 Å². The van der Waals surface area contributed by atoms with Crippen molar-refractivity contribution >= 4 is 6.09 Å². The van der Waals surface area contributed by atoms with Crippen molar-refractivity contribution in [1.82, 2.24) is 4.90 Å². The van der Waals surface area contributed by atoms with Gasteiger partial charge in [0, 0.05) is 12.1 Å². The number of fused-ring (bicyclic) bond motifs is 2. The highest BCUT2D eigenvalue weighted by molar-refractivity contribution is 5.69. The summed E-state index contributed by atoms with van der Waals surface area (Å²) in [5, 5.41) is 0. The van der Waals surface area contributed by atoms with Gasteiger partial charge in [-0.25, -0.2) is 4.79 Å².